The first kappa shape index (κ1) is 21.5. The number of hydrogen-bond acceptors (Lipinski definition) is 7. The smallest absolute Gasteiger partial charge is 0.295 e. The molecule has 1 atom stereocenters. The molecule has 4 rings (SSSR count). The predicted molar refractivity (Wildman–Crippen MR) is 118 cm³/mol. The fraction of sp³-hybridized carbons (Fsp3) is 0.391. The van der Waals surface area contributed by atoms with Gasteiger partial charge in [-0.25, -0.2) is 0 Å². The minimum absolute atomic E-state index is 0.138. The van der Waals surface area contributed by atoms with E-state index in [1.165, 1.54) is 11.3 Å². The van der Waals surface area contributed by atoms with Crippen LogP contribution in [0.1, 0.15) is 22.0 Å². The van der Waals surface area contributed by atoms with E-state index in [1.54, 1.807) is 30.2 Å². The first-order chi connectivity index (χ1) is 15.0. The number of benzene rings is 1. The summed E-state index contributed by atoms with van der Waals surface area (Å²) in [5, 5.41) is 13.0. The molecule has 0 aliphatic carbocycles. The molecule has 0 bridgehead atoms. The first-order valence-corrected chi connectivity index (χ1v) is 11.2. The van der Waals surface area contributed by atoms with E-state index in [-0.39, 0.29) is 11.3 Å². The van der Waals surface area contributed by atoms with E-state index in [9.17, 15) is 14.7 Å². The number of nitrogens with zero attached hydrogens (tertiary/aromatic N) is 2. The molecule has 0 spiro atoms. The number of likely N-dealkylation sites (tertiary alicyclic amines) is 1. The van der Waals surface area contributed by atoms with Crippen molar-refractivity contribution in [3.8, 4) is 5.75 Å². The molecule has 164 valence electrons. The molecule has 1 N–H and O–H groups in total. The number of methoxy groups -OCH3 is 1. The van der Waals surface area contributed by atoms with Crippen molar-refractivity contribution in [3.63, 3.8) is 0 Å². The summed E-state index contributed by atoms with van der Waals surface area (Å²) in [5.41, 5.74) is 1.46. The summed E-state index contributed by atoms with van der Waals surface area (Å²) in [4.78, 5) is 30.7. The fourth-order valence-corrected chi connectivity index (χ4v) is 4.95. The lowest BCUT2D eigenvalue weighted by Gasteiger charge is -2.30. The molecular formula is C23H26N2O5S. The minimum Gasteiger partial charge on any atom is -0.507 e. The number of morpholine rings is 1. The number of carbonyl (C=O) groups excluding carboxylic acids is 2. The van der Waals surface area contributed by atoms with Crippen molar-refractivity contribution in [2.45, 2.75) is 13.0 Å². The second-order valence-corrected chi connectivity index (χ2v) is 8.63. The lowest BCUT2D eigenvalue weighted by molar-refractivity contribution is -0.140. The number of aliphatic hydroxyl groups is 1. The third-order valence-electron chi connectivity index (χ3n) is 5.78. The van der Waals surface area contributed by atoms with Crippen molar-refractivity contribution in [1.29, 1.82) is 0 Å². The van der Waals surface area contributed by atoms with Crippen LogP contribution >= 0.6 is 11.3 Å². The highest BCUT2D eigenvalue weighted by Gasteiger charge is 2.46. The Morgan fingerprint density at radius 2 is 2.00 bits per heavy atom. The van der Waals surface area contributed by atoms with Gasteiger partial charge < -0.3 is 19.5 Å². The highest BCUT2D eigenvalue weighted by atomic mass is 32.1. The first-order valence-electron chi connectivity index (χ1n) is 10.3. The van der Waals surface area contributed by atoms with E-state index in [4.69, 9.17) is 9.47 Å². The summed E-state index contributed by atoms with van der Waals surface area (Å²) in [7, 11) is 1.58. The molecule has 31 heavy (non-hydrogen) atoms. The van der Waals surface area contributed by atoms with Gasteiger partial charge in [0.15, 0.2) is 0 Å². The fourth-order valence-electron chi connectivity index (χ4n) is 4.11. The Balaban J connectivity index is 1.70. The SMILES string of the molecule is COc1ccc(/C(O)=C2/C(=O)C(=O)N(CCN3CCOCC3)C2c2cccs2)cc1C. The summed E-state index contributed by atoms with van der Waals surface area (Å²) in [5.74, 6) is -0.682. The van der Waals surface area contributed by atoms with Crippen LogP contribution < -0.4 is 4.74 Å². The van der Waals surface area contributed by atoms with Crippen molar-refractivity contribution < 1.29 is 24.2 Å². The van der Waals surface area contributed by atoms with E-state index in [1.807, 2.05) is 24.4 Å². The zero-order valence-corrected chi connectivity index (χ0v) is 18.5. The van der Waals surface area contributed by atoms with Gasteiger partial charge in [0.1, 0.15) is 11.5 Å². The number of thiophene rings is 1. The van der Waals surface area contributed by atoms with Crippen molar-refractivity contribution in [3.05, 3.63) is 57.3 Å². The van der Waals surface area contributed by atoms with Crippen LogP contribution in [0, 0.1) is 6.92 Å². The normalized spacial score (nSPS) is 21.6. The summed E-state index contributed by atoms with van der Waals surface area (Å²) in [6.07, 6.45) is 0. The maximum atomic E-state index is 13.0. The van der Waals surface area contributed by atoms with E-state index < -0.39 is 17.7 Å². The molecule has 7 nitrogen and oxygen atoms in total. The Labute approximate surface area is 185 Å². The molecule has 1 aromatic carbocycles. The third-order valence-corrected chi connectivity index (χ3v) is 6.71. The maximum Gasteiger partial charge on any atom is 0.295 e. The summed E-state index contributed by atoms with van der Waals surface area (Å²) in [6.45, 7) is 5.88. The molecule has 0 radical (unpaired) electrons. The molecule has 2 aromatic rings. The summed E-state index contributed by atoms with van der Waals surface area (Å²) < 4.78 is 10.7. The lowest BCUT2D eigenvalue weighted by Crippen LogP contribution is -2.42. The number of aryl methyl sites for hydroxylation is 1. The Hall–Kier alpha value is -2.68. The molecular weight excluding hydrogens is 416 g/mol. The molecule has 8 heteroatoms. The van der Waals surface area contributed by atoms with Crippen LogP contribution in [0.3, 0.4) is 0 Å². The number of rotatable bonds is 6. The molecule has 3 heterocycles. The summed E-state index contributed by atoms with van der Waals surface area (Å²) in [6, 6.07) is 8.41. The zero-order chi connectivity index (χ0) is 22.0. The predicted octanol–water partition coefficient (Wildman–Crippen LogP) is 2.82. The molecule has 1 aromatic heterocycles. The molecule has 2 saturated heterocycles. The monoisotopic (exact) mass is 442 g/mol. The van der Waals surface area contributed by atoms with Crippen LogP contribution in [0.4, 0.5) is 0 Å². The van der Waals surface area contributed by atoms with Crippen LogP contribution in [0.2, 0.25) is 0 Å². The second kappa shape index (κ2) is 9.21. The van der Waals surface area contributed by atoms with Gasteiger partial charge in [-0.15, -0.1) is 11.3 Å². The van der Waals surface area contributed by atoms with Crippen LogP contribution in [-0.2, 0) is 14.3 Å². The van der Waals surface area contributed by atoms with E-state index in [2.05, 4.69) is 4.90 Å². The van der Waals surface area contributed by atoms with Gasteiger partial charge in [0.05, 0.1) is 31.9 Å². The zero-order valence-electron chi connectivity index (χ0n) is 17.7. The van der Waals surface area contributed by atoms with Gasteiger partial charge in [0.2, 0.25) is 0 Å². The number of ketones is 1. The van der Waals surface area contributed by atoms with E-state index in [0.717, 1.165) is 23.5 Å². The molecule has 1 amide bonds. The van der Waals surface area contributed by atoms with Crippen LogP contribution in [0.25, 0.3) is 5.76 Å². The lowest BCUT2D eigenvalue weighted by atomic mass is 9.99. The van der Waals surface area contributed by atoms with Gasteiger partial charge in [-0.3, -0.25) is 14.5 Å². The van der Waals surface area contributed by atoms with E-state index >= 15 is 0 Å². The number of aliphatic hydroxyl groups excluding tert-OH is 1. The highest BCUT2D eigenvalue weighted by Crippen LogP contribution is 2.41. The van der Waals surface area contributed by atoms with Crippen molar-refractivity contribution in [2.75, 3.05) is 46.5 Å². The minimum atomic E-state index is -0.647. The van der Waals surface area contributed by atoms with Gasteiger partial charge >= 0.3 is 0 Å². The molecule has 2 fully saturated rings. The largest absolute Gasteiger partial charge is 0.507 e. The number of amides is 1. The highest BCUT2D eigenvalue weighted by molar-refractivity contribution is 7.10. The standard InChI is InChI=1S/C23H26N2O5S/c1-15-14-16(5-6-17(15)29-2)21(26)19-20(18-4-3-13-31-18)25(23(28)22(19)27)8-7-24-9-11-30-12-10-24/h3-6,13-14,20,26H,7-12H2,1-2H3/b21-19-. The van der Waals surface area contributed by atoms with Crippen molar-refractivity contribution in [1.82, 2.24) is 9.80 Å². The Morgan fingerprint density at radius 1 is 1.23 bits per heavy atom. The van der Waals surface area contributed by atoms with Crippen LogP contribution in [-0.4, -0.2) is 73.1 Å². The maximum absolute atomic E-state index is 13.0. The number of ether oxygens (including phenoxy) is 2. The molecule has 2 aliphatic rings. The number of carbonyl (C=O) groups is 2. The average Bonchev–Trinajstić information content (AvgIpc) is 3.40. The van der Waals surface area contributed by atoms with Gasteiger partial charge in [0, 0.05) is 36.6 Å². The molecule has 0 saturated carbocycles. The van der Waals surface area contributed by atoms with Gasteiger partial charge in [-0.2, -0.15) is 0 Å². The third kappa shape index (κ3) is 4.23. The van der Waals surface area contributed by atoms with Crippen LogP contribution in [0.15, 0.2) is 41.3 Å². The van der Waals surface area contributed by atoms with Crippen molar-refractivity contribution >= 4 is 28.8 Å². The Kier molecular flexibility index (Phi) is 6.41. The van der Waals surface area contributed by atoms with Crippen molar-refractivity contribution in [2.24, 2.45) is 0 Å². The number of hydrogen-bond donors (Lipinski definition) is 1. The van der Waals surface area contributed by atoms with Gasteiger partial charge in [-0.05, 0) is 42.1 Å². The molecule has 1 unspecified atom stereocenters. The quantitative estimate of drug-likeness (QED) is 0.421. The summed E-state index contributed by atoms with van der Waals surface area (Å²) >= 11 is 1.47. The number of Topliss-reactive ketones (excluding diaryl/α,β-unsaturated/α-hetero) is 1. The Morgan fingerprint density at radius 3 is 2.65 bits per heavy atom. The van der Waals surface area contributed by atoms with Crippen LogP contribution in [0.5, 0.6) is 5.75 Å². The Bertz CT molecular complexity index is 995. The van der Waals surface area contributed by atoms with Gasteiger partial charge in [0.25, 0.3) is 11.7 Å². The topological polar surface area (TPSA) is 79.3 Å². The van der Waals surface area contributed by atoms with Gasteiger partial charge in [-0.1, -0.05) is 6.07 Å². The average molecular weight is 443 g/mol. The van der Waals surface area contributed by atoms with E-state index in [0.29, 0.717) is 37.6 Å². The second-order valence-electron chi connectivity index (χ2n) is 7.65. The molecule has 2 aliphatic heterocycles.